The molecule has 7 nitrogen and oxygen atoms in total. The highest BCUT2D eigenvalue weighted by Gasteiger charge is 2.33. The Morgan fingerprint density at radius 1 is 0.971 bits per heavy atom. The number of nitrogens with zero attached hydrogens (tertiary/aromatic N) is 5. The monoisotopic (exact) mass is 462 g/mol. The van der Waals surface area contributed by atoms with E-state index in [9.17, 15) is 4.79 Å². The quantitative estimate of drug-likeness (QED) is 0.726. The summed E-state index contributed by atoms with van der Waals surface area (Å²) < 4.78 is 0. The molecule has 1 N–H and O–H groups in total. The van der Waals surface area contributed by atoms with Gasteiger partial charge < -0.3 is 15.1 Å². The normalized spacial score (nSPS) is 24.1. The van der Waals surface area contributed by atoms with E-state index in [1.54, 1.807) is 0 Å². The van der Waals surface area contributed by atoms with Gasteiger partial charge in [0, 0.05) is 63.1 Å². The topological polar surface area (TPSA) is 64.6 Å². The lowest BCUT2D eigenvalue weighted by molar-refractivity contribution is 0.0607. The van der Waals surface area contributed by atoms with Crippen LogP contribution in [0.4, 0.5) is 11.8 Å². The Labute approximate surface area is 203 Å². The maximum Gasteiger partial charge on any atom is 0.253 e. The van der Waals surface area contributed by atoms with Crippen LogP contribution in [0.2, 0.25) is 0 Å². The van der Waals surface area contributed by atoms with Crippen molar-refractivity contribution in [1.82, 2.24) is 19.8 Å². The van der Waals surface area contributed by atoms with Crippen LogP contribution in [0.25, 0.3) is 0 Å². The molecule has 3 aliphatic rings. The molecule has 0 radical (unpaired) electrons. The number of hydrogen-bond acceptors (Lipinski definition) is 6. The van der Waals surface area contributed by atoms with Crippen LogP contribution in [0.5, 0.6) is 0 Å². The van der Waals surface area contributed by atoms with E-state index in [2.05, 4.69) is 25.0 Å². The van der Waals surface area contributed by atoms with Crippen LogP contribution in [0.1, 0.15) is 60.9 Å². The molecular formula is C27H38N6O. The summed E-state index contributed by atoms with van der Waals surface area (Å²) in [5.74, 6) is 1.96. The van der Waals surface area contributed by atoms with Crippen molar-refractivity contribution >= 4 is 17.7 Å². The SMILES string of the molecule is Cc1cccc(C(=O)N2CCCC(N3CCC(Nc4nccc(N5CCCCCC5)n4)C3)C2)c1. The summed E-state index contributed by atoms with van der Waals surface area (Å²) in [6.45, 7) is 7.94. The molecule has 2 atom stereocenters. The van der Waals surface area contributed by atoms with Gasteiger partial charge in [0.2, 0.25) is 5.95 Å². The van der Waals surface area contributed by atoms with E-state index in [0.29, 0.717) is 12.1 Å². The first-order valence-corrected chi connectivity index (χ1v) is 13.1. The van der Waals surface area contributed by atoms with Crippen LogP contribution < -0.4 is 10.2 Å². The van der Waals surface area contributed by atoms with Crippen molar-refractivity contribution in [3.05, 3.63) is 47.7 Å². The summed E-state index contributed by atoms with van der Waals surface area (Å²) in [5.41, 5.74) is 1.94. The van der Waals surface area contributed by atoms with Crippen molar-refractivity contribution in [2.75, 3.05) is 49.5 Å². The number of piperidine rings is 1. The highest BCUT2D eigenvalue weighted by atomic mass is 16.2. The van der Waals surface area contributed by atoms with Gasteiger partial charge in [0.1, 0.15) is 5.82 Å². The Morgan fingerprint density at radius 2 is 1.82 bits per heavy atom. The van der Waals surface area contributed by atoms with E-state index in [-0.39, 0.29) is 5.91 Å². The van der Waals surface area contributed by atoms with Crippen molar-refractivity contribution < 1.29 is 4.79 Å². The van der Waals surface area contributed by atoms with E-state index in [4.69, 9.17) is 4.98 Å². The summed E-state index contributed by atoms with van der Waals surface area (Å²) in [6.07, 6.45) is 10.3. The molecule has 1 amide bonds. The number of rotatable bonds is 5. The minimum absolute atomic E-state index is 0.168. The first kappa shape index (κ1) is 23.1. The predicted octanol–water partition coefficient (Wildman–Crippen LogP) is 3.96. The minimum atomic E-state index is 0.168. The lowest BCUT2D eigenvalue weighted by Crippen LogP contribution is -2.49. The second-order valence-electron chi connectivity index (χ2n) is 10.2. The highest BCUT2D eigenvalue weighted by Crippen LogP contribution is 2.24. The standard InChI is InChI=1S/C27H38N6O/c1-21-8-6-9-22(18-21)26(34)33-16-7-10-24(20-33)32-17-12-23(19-32)29-27-28-13-11-25(30-27)31-14-4-2-3-5-15-31/h6,8-9,11,13,18,23-24H,2-5,7,10,12,14-17,19-20H2,1H3,(H,28,29,30). The van der Waals surface area contributed by atoms with Gasteiger partial charge >= 0.3 is 0 Å². The smallest absolute Gasteiger partial charge is 0.253 e. The molecule has 3 fully saturated rings. The number of aromatic nitrogens is 2. The van der Waals surface area contributed by atoms with E-state index in [1.165, 1.54) is 25.7 Å². The molecule has 3 aliphatic heterocycles. The highest BCUT2D eigenvalue weighted by molar-refractivity contribution is 5.94. The van der Waals surface area contributed by atoms with Crippen LogP contribution in [0.15, 0.2) is 36.5 Å². The fourth-order valence-corrected chi connectivity index (χ4v) is 5.71. The number of carbonyl (C=O) groups is 1. The van der Waals surface area contributed by atoms with Gasteiger partial charge in [-0.3, -0.25) is 9.69 Å². The Balaban J connectivity index is 1.17. The van der Waals surface area contributed by atoms with Crippen LogP contribution in [-0.4, -0.2) is 77.0 Å². The van der Waals surface area contributed by atoms with Gasteiger partial charge in [-0.2, -0.15) is 4.98 Å². The average molecular weight is 463 g/mol. The van der Waals surface area contributed by atoms with Crippen molar-refractivity contribution in [1.29, 1.82) is 0 Å². The fourth-order valence-electron chi connectivity index (χ4n) is 5.71. The maximum atomic E-state index is 13.1. The molecule has 0 saturated carbocycles. The summed E-state index contributed by atoms with van der Waals surface area (Å²) >= 11 is 0. The molecule has 0 aliphatic carbocycles. The van der Waals surface area contributed by atoms with Gasteiger partial charge in [-0.05, 0) is 57.2 Å². The van der Waals surface area contributed by atoms with Gasteiger partial charge in [-0.1, -0.05) is 30.5 Å². The summed E-state index contributed by atoms with van der Waals surface area (Å²) in [7, 11) is 0. The van der Waals surface area contributed by atoms with Crippen molar-refractivity contribution in [2.24, 2.45) is 0 Å². The number of anilines is 2. The molecule has 5 rings (SSSR count). The van der Waals surface area contributed by atoms with E-state index >= 15 is 0 Å². The average Bonchev–Trinajstić information content (AvgIpc) is 3.15. The van der Waals surface area contributed by atoms with Crippen LogP contribution in [-0.2, 0) is 0 Å². The molecule has 0 bridgehead atoms. The Morgan fingerprint density at radius 3 is 2.65 bits per heavy atom. The van der Waals surface area contributed by atoms with Gasteiger partial charge in [-0.15, -0.1) is 0 Å². The summed E-state index contributed by atoms with van der Waals surface area (Å²) in [4.78, 5) is 29.5. The second kappa shape index (κ2) is 10.7. The van der Waals surface area contributed by atoms with Crippen molar-refractivity contribution in [2.45, 2.75) is 64.0 Å². The predicted molar refractivity (Wildman–Crippen MR) is 136 cm³/mol. The molecule has 3 saturated heterocycles. The molecule has 2 unspecified atom stereocenters. The number of benzene rings is 1. The number of amides is 1. The molecule has 1 aromatic carbocycles. The van der Waals surface area contributed by atoms with Crippen molar-refractivity contribution in [3.63, 3.8) is 0 Å². The van der Waals surface area contributed by atoms with E-state index < -0.39 is 0 Å². The Hall–Kier alpha value is -2.67. The molecular weight excluding hydrogens is 424 g/mol. The van der Waals surface area contributed by atoms with Crippen molar-refractivity contribution in [3.8, 4) is 0 Å². The van der Waals surface area contributed by atoms with Crippen LogP contribution >= 0.6 is 0 Å². The molecule has 7 heteroatoms. The molecule has 34 heavy (non-hydrogen) atoms. The number of carbonyl (C=O) groups excluding carboxylic acids is 1. The lowest BCUT2D eigenvalue weighted by atomic mass is 10.0. The third kappa shape index (κ3) is 5.52. The number of hydrogen-bond donors (Lipinski definition) is 1. The molecule has 182 valence electrons. The van der Waals surface area contributed by atoms with Gasteiger partial charge in [0.05, 0.1) is 0 Å². The number of aryl methyl sites for hydroxylation is 1. The van der Waals surface area contributed by atoms with E-state index in [0.717, 1.165) is 81.4 Å². The third-order valence-corrected chi connectivity index (χ3v) is 7.59. The first-order valence-electron chi connectivity index (χ1n) is 13.1. The molecule has 2 aromatic rings. The zero-order chi connectivity index (χ0) is 23.3. The maximum absolute atomic E-state index is 13.1. The summed E-state index contributed by atoms with van der Waals surface area (Å²) in [6, 6.07) is 10.8. The third-order valence-electron chi connectivity index (χ3n) is 7.59. The fraction of sp³-hybridized carbons (Fsp3) is 0.593. The summed E-state index contributed by atoms with van der Waals surface area (Å²) in [5, 5.41) is 3.60. The minimum Gasteiger partial charge on any atom is -0.356 e. The Kier molecular flexibility index (Phi) is 7.28. The lowest BCUT2D eigenvalue weighted by Gasteiger charge is -2.37. The van der Waals surface area contributed by atoms with Crippen LogP contribution in [0, 0.1) is 6.92 Å². The first-order chi connectivity index (χ1) is 16.7. The Bertz CT molecular complexity index is 973. The molecule has 1 aromatic heterocycles. The van der Waals surface area contributed by atoms with Crippen LogP contribution in [0.3, 0.4) is 0 Å². The zero-order valence-electron chi connectivity index (χ0n) is 20.5. The number of likely N-dealkylation sites (tertiary alicyclic amines) is 2. The van der Waals surface area contributed by atoms with E-state index in [1.807, 2.05) is 43.5 Å². The van der Waals surface area contributed by atoms with Gasteiger partial charge in [-0.25, -0.2) is 4.98 Å². The molecule has 0 spiro atoms. The van der Waals surface area contributed by atoms with Gasteiger partial charge in [0.15, 0.2) is 0 Å². The zero-order valence-corrected chi connectivity index (χ0v) is 20.5. The second-order valence-corrected chi connectivity index (χ2v) is 10.2. The number of nitrogens with one attached hydrogen (secondary N) is 1. The molecule has 4 heterocycles. The largest absolute Gasteiger partial charge is 0.356 e. The van der Waals surface area contributed by atoms with Gasteiger partial charge in [0.25, 0.3) is 5.91 Å².